The van der Waals surface area contributed by atoms with E-state index in [4.69, 9.17) is 5.73 Å². The molecule has 0 saturated carbocycles. The summed E-state index contributed by atoms with van der Waals surface area (Å²) in [5, 5.41) is 0. The van der Waals surface area contributed by atoms with E-state index in [1.54, 1.807) is 16.4 Å². The molecule has 1 unspecified atom stereocenters. The van der Waals surface area contributed by atoms with E-state index in [9.17, 15) is 8.42 Å². The molecule has 1 aromatic rings. The van der Waals surface area contributed by atoms with Crippen LogP contribution in [0.4, 0.5) is 0 Å². The van der Waals surface area contributed by atoms with Crippen LogP contribution in [0.25, 0.3) is 0 Å². The maximum absolute atomic E-state index is 12.7. The largest absolute Gasteiger partial charge is 0.329 e. The molecular formula is C14H22N2O2S. The number of sulfonamides is 1. The van der Waals surface area contributed by atoms with E-state index in [-0.39, 0.29) is 6.04 Å². The molecule has 0 radical (unpaired) electrons. The zero-order valence-electron chi connectivity index (χ0n) is 11.4. The minimum absolute atomic E-state index is 0.0613. The van der Waals surface area contributed by atoms with Crippen molar-refractivity contribution in [1.29, 1.82) is 0 Å². The van der Waals surface area contributed by atoms with E-state index in [2.05, 4.69) is 0 Å². The SMILES string of the molecule is Cc1ccc(S(=O)(=O)N2CCCCCC2CN)cc1. The van der Waals surface area contributed by atoms with Crippen molar-refractivity contribution in [2.24, 2.45) is 5.73 Å². The maximum atomic E-state index is 12.7. The van der Waals surface area contributed by atoms with Gasteiger partial charge in [0.2, 0.25) is 10.0 Å². The molecule has 2 rings (SSSR count). The number of aryl methyl sites for hydroxylation is 1. The summed E-state index contributed by atoms with van der Waals surface area (Å²) in [5.41, 5.74) is 6.82. The fourth-order valence-electron chi connectivity index (χ4n) is 2.55. The van der Waals surface area contributed by atoms with Crippen LogP contribution in [-0.4, -0.2) is 31.9 Å². The number of nitrogens with two attached hydrogens (primary N) is 1. The second-order valence-electron chi connectivity index (χ2n) is 5.17. The maximum Gasteiger partial charge on any atom is 0.243 e. The van der Waals surface area contributed by atoms with Crippen LogP contribution >= 0.6 is 0 Å². The number of rotatable bonds is 3. The Bertz CT molecular complexity index is 511. The summed E-state index contributed by atoms with van der Waals surface area (Å²) in [7, 11) is -3.41. The van der Waals surface area contributed by atoms with Gasteiger partial charge in [-0.25, -0.2) is 8.42 Å². The smallest absolute Gasteiger partial charge is 0.243 e. The van der Waals surface area contributed by atoms with Gasteiger partial charge in [-0.05, 0) is 31.9 Å². The Morgan fingerprint density at radius 2 is 1.89 bits per heavy atom. The molecule has 1 aromatic carbocycles. The summed E-state index contributed by atoms with van der Waals surface area (Å²) in [6, 6.07) is 6.98. The van der Waals surface area contributed by atoms with Crippen LogP contribution in [0.3, 0.4) is 0 Å². The van der Waals surface area contributed by atoms with Crippen LogP contribution < -0.4 is 5.73 Å². The number of benzene rings is 1. The van der Waals surface area contributed by atoms with Crippen LogP contribution in [0.1, 0.15) is 31.2 Å². The first-order chi connectivity index (χ1) is 9.05. The molecule has 1 fully saturated rings. The van der Waals surface area contributed by atoms with E-state index in [0.29, 0.717) is 18.0 Å². The van der Waals surface area contributed by atoms with Gasteiger partial charge in [-0.2, -0.15) is 4.31 Å². The molecule has 2 N–H and O–H groups in total. The Morgan fingerprint density at radius 1 is 1.21 bits per heavy atom. The van der Waals surface area contributed by atoms with Gasteiger partial charge in [0.15, 0.2) is 0 Å². The van der Waals surface area contributed by atoms with E-state index in [1.807, 2.05) is 19.1 Å². The molecule has 0 bridgehead atoms. The van der Waals surface area contributed by atoms with E-state index >= 15 is 0 Å². The second-order valence-corrected chi connectivity index (χ2v) is 7.06. The van der Waals surface area contributed by atoms with Gasteiger partial charge >= 0.3 is 0 Å². The number of hydrogen-bond donors (Lipinski definition) is 1. The van der Waals surface area contributed by atoms with E-state index in [0.717, 1.165) is 31.2 Å². The van der Waals surface area contributed by atoms with Gasteiger partial charge in [-0.3, -0.25) is 0 Å². The molecule has 1 aliphatic heterocycles. The number of nitrogens with zero attached hydrogens (tertiary/aromatic N) is 1. The molecule has 4 nitrogen and oxygen atoms in total. The third kappa shape index (κ3) is 3.16. The van der Waals surface area contributed by atoms with Gasteiger partial charge < -0.3 is 5.73 Å². The fourth-order valence-corrected chi connectivity index (χ4v) is 4.25. The standard InChI is InChI=1S/C14H22N2O2S/c1-12-6-8-14(9-7-12)19(17,18)16-10-4-2-3-5-13(16)11-15/h6-9,13H,2-5,10-11,15H2,1H3. The van der Waals surface area contributed by atoms with Gasteiger partial charge in [0.1, 0.15) is 0 Å². The lowest BCUT2D eigenvalue weighted by Gasteiger charge is -2.28. The average molecular weight is 282 g/mol. The summed E-state index contributed by atoms with van der Waals surface area (Å²) in [6.45, 7) is 2.92. The van der Waals surface area contributed by atoms with Crippen molar-refractivity contribution in [3.8, 4) is 0 Å². The molecule has 0 aliphatic carbocycles. The minimum Gasteiger partial charge on any atom is -0.329 e. The molecule has 0 amide bonds. The Kier molecular flexibility index (Phi) is 4.60. The van der Waals surface area contributed by atoms with Gasteiger partial charge in [0.05, 0.1) is 4.90 Å². The zero-order valence-corrected chi connectivity index (χ0v) is 12.2. The molecule has 1 saturated heterocycles. The molecule has 1 atom stereocenters. The van der Waals surface area contributed by atoms with E-state index < -0.39 is 10.0 Å². The number of hydrogen-bond acceptors (Lipinski definition) is 3. The topological polar surface area (TPSA) is 63.4 Å². The summed E-state index contributed by atoms with van der Waals surface area (Å²) in [6.07, 6.45) is 3.92. The molecule has 5 heteroatoms. The van der Waals surface area contributed by atoms with Crippen molar-refractivity contribution in [3.63, 3.8) is 0 Å². The molecule has 19 heavy (non-hydrogen) atoms. The lowest BCUT2D eigenvalue weighted by molar-refractivity contribution is 0.328. The minimum atomic E-state index is -3.41. The monoisotopic (exact) mass is 282 g/mol. The molecule has 1 heterocycles. The van der Waals surface area contributed by atoms with Crippen molar-refractivity contribution < 1.29 is 8.42 Å². The lowest BCUT2D eigenvalue weighted by Crippen LogP contribution is -2.44. The van der Waals surface area contributed by atoms with Gasteiger partial charge in [-0.15, -0.1) is 0 Å². The molecular weight excluding hydrogens is 260 g/mol. The molecule has 0 aromatic heterocycles. The fraction of sp³-hybridized carbons (Fsp3) is 0.571. The zero-order chi connectivity index (χ0) is 13.9. The summed E-state index contributed by atoms with van der Waals surface area (Å²) in [5.74, 6) is 0. The first kappa shape index (κ1) is 14.5. The highest BCUT2D eigenvalue weighted by molar-refractivity contribution is 7.89. The Morgan fingerprint density at radius 3 is 2.53 bits per heavy atom. The summed E-state index contributed by atoms with van der Waals surface area (Å²) >= 11 is 0. The molecule has 1 aliphatic rings. The first-order valence-electron chi connectivity index (χ1n) is 6.84. The molecule has 106 valence electrons. The highest BCUT2D eigenvalue weighted by Gasteiger charge is 2.31. The van der Waals surface area contributed by atoms with Crippen molar-refractivity contribution in [1.82, 2.24) is 4.31 Å². The predicted octanol–water partition coefficient (Wildman–Crippen LogP) is 1.89. The highest BCUT2D eigenvalue weighted by Crippen LogP contribution is 2.24. The summed E-state index contributed by atoms with van der Waals surface area (Å²) < 4.78 is 27.0. The third-order valence-corrected chi connectivity index (χ3v) is 5.69. The normalized spacial score (nSPS) is 22.1. The Labute approximate surface area is 115 Å². The van der Waals surface area contributed by atoms with Crippen molar-refractivity contribution >= 4 is 10.0 Å². The van der Waals surface area contributed by atoms with Crippen molar-refractivity contribution in [3.05, 3.63) is 29.8 Å². The second kappa shape index (κ2) is 6.03. The Balaban J connectivity index is 2.33. The third-order valence-electron chi connectivity index (χ3n) is 3.72. The molecule has 0 spiro atoms. The van der Waals surface area contributed by atoms with Crippen LogP contribution in [0.2, 0.25) is 0 Å². The van der Waals surface area contributed by atoms with Crippen LogP contribution in [0.5, 0.6) is 0 Å². The average Bonchev–Trinajstić information content (AvgIpc) is 2.64. The Hall–Kier alpha value is -0.910. The van der Waals surface area contributed by atoms with Crippen LogP contribution in [-0.2, 0) is 10.0 Å². The van der Waals surface area contributed by atoms with Crippen molar-refractivity contribution in [2.75, 3.05) is 13.1 Å². The summed E-state index contributed by atoms with van der Waals surface area (Å²) in [4.78, 5) is 0.374. The van der Waals surface area contributed by atoms with Gasteiger partial charge in [-0.1, -0.05) is 30.5 Å². The highest BCUT2D eigenvalue weighted by atomic mass is 32.2. The predicted molar refractivity (Wildman–Crippen MR) is 76.4 cm³/mol. The van der Waals surface area contributed by atoms with E-state index in [1.165, 1.54) is 0 Å². The lowest BCUT2D eigenvalue weighted by atomic mass is 10.1. The first-order valence-corrected chi connectivity index (χ1v) is 8.28. The van der Waals surface area contributed by atoms with Gasteiger partial charge in [0, 0.05) is 19.1 Å². The van der Waals surface area contributed by atoms with Gasteiger partial charge in [0.25, 0.3) is 0 Å². The van der Waals surface area contributed by atoms with Crippen molar-refractivity contribution in [2.45, 2.75) is 43.5 Å². The van der Waals surface area contributed by atoms with Crippen LogP contribution in [0.15, 0.2) is 29.2 Å². The quantitative estimate of drug-likeness (QED) is 0.920. The van der Waals surface area contributed by atoms with Crippen LogP contribution in [0, 0.1) is 6.92 Å².